The first-order valence-corrected chi connectivity index (χ1v) is 9.92. The minimum absolute atomic E-state index is 0.397. The third-order valence-corrected chi connectivity index (χ3v) is 6.21. The molecule has 1 saturated heterocycles. The van der Waals surface area contributed by atoms with Crippen LogP contribution in [0.15, 0.2) is 34.9 Å². The van der Waals surface area contributed by atoms with Crippen LogP contribution in [0.3, 0.4) is 0 Å². The van der Waals surface area contributed by atoms with Crippen LogP contribution in [0.5, 0.6) is 0 Å². The maximum Gasteiger partial charge on any atom is 0.512 e. The van der Waals surface area contributed by atoms with Crippen molar-refractivity contribution in [2.24, 2.45) is 0 Å². The van der Waals surface area contributed by atoms with Crippen molar-refractivity contribution in [1.82, 2.24) is 15.0 Å². The average molecular weight is 410 g/mol. The average Bonchev–Trinajstić information content (AvgIpc) is 3.26. The zero-order valence-corrected chi connectivity index (χ0v) is 17.7. The van der Waals surface area contributed by atoms with Gasteiger partial charge >= 0.3 is 7.12 Å². The fourth-order valence-electron chi connectivity index (χ4n) is 3.57. The normalized spacial score (nSPS) is 18.2. The highest BCUT2D eigenvalue weighted by atomic mass is 35.5. The number of halogens is 1. The van der Waals surface area contributed by atoms with Gasteiger partial charge < -0.3 is 18.7 Å². The number of aryl methyl sites for hydroxylation is 1. The molecule has 6 nitrogen and oxygen atoms in total. The van der Waals surface area contributed by atoms with E-state index in [1.807, 2.05) is 58.9 Å². The van der Waals surface area contributed by atoms with Gasteiger partial charge in [-0.3, -0.25) is 0 Å². The number of nitrogens with one attached hydrogen (secondary N) is 1. The van der Waals surface area contributed by atoms with Gasteiger partial charge in [0.1, 0.15) is 11.2 Å². The number of nitrogens with zero attached hydrogens (tertiary/aromatic N) is 2. The second-order valence-corrected chi connectivity index (χ2v) is 8.91. The van der Waals surface area contributed by atoms with E-state index in [4.69, 9.17) is 25.3 Å². The summed E-state index contributed by atoms with van der Waals surface area (Å²) in [6.45, 7) is 9.97. The number of oxazole rings is 1. The molecule has 4 aromatic rings. The summed E-state index contributed by atoms with van der Waals surface area (Å²) in [6, 6.07) is 7.78. The predicted molar refractivity (Wildman–Crippen MR) is 115 cm³/mol. The van der Waals surface area contributed by atoms with Gasteiger partial charge in [0.25, 0.3) is 0 Å². The fraction of sp³-hybridized carbons (Fsp3) is 0.333. The summed E-state index contributed by atoms with van der Waals surface area (Å²) >= 11 is 6.51. The number of hydrogen-bond donors (Lipinski definition) is 1. The number of rotatable bonds is 2. The molecule has 1 N–H and O–H groups in total. The fourth-order valence-corrected chi connectivity index (χ4v) is 3.83. The van der Waals surface area contributed by atoms with Crippen LogP contribution in [0.4, 0.5) is 0 Å². The predicted octanol–water partition coefficient (Wildman–Crippen LogP) is 4.63. The van der Waals surface area contributed by atoms with Crippen molar-refractivity contribution in [2.75, 3.05) is 0 Å². The Bertz CT molecular complexity index is 1250. The standard InChI is InChI=1S/C21H21BClN3O3/c1-11-25-16-9-15(23)14(8-17(16)27-11)13-6-12-7-18(26-19(12)24-10-13)22-28-20(2,3)21(4,5)29-22/h6-10H,1-5H3,(H,24,26). The second kappa shape index (κ2) is 6.08. The lowest BCUT2D eigenvalue weighted by molar-refractivity contribution is 0.00578. The molecule has 29 heavy (non-hydrogen) atoms. The monoisotopic (exact) mass is 409 g/mol. The van der Waals surface area contributed by atoms with E-state index in [-0.39, 0.29) is 0 Å². The number of fused-ring (bicyclic) bond motifs is 2. The molecule has 8 heteroatoms. The summed E-state index contributed by atoms with van der Waals surface area (Å²) < 4.78 is 17.9. The van der Waals surface area contributed by atoms with E-state index in [0.29, 0.717) is 16.5 Å². The molecule has 0 amide bonds. The first-order valence-electron chi connectivity index (χ1n) is 9.54. The molecule has 0 bridgehead atoms. The lowest BCUT2D eigenvalue weighted by atomic mass is 9.85. The zero-order chi connectivity index (χ0) is 20.6. The minimum Gasteiger partial charge on any atom is -0.441 e. The summed E-state index contributed by atoms with van der Waals surface area (Å²) in [6.07, 6.45) is 1.79. The Morgan fingerprint density at radius 2 is 1.76 bits per heavy atom. The molecule has 0 radical (unpaired) electrons. The van der Waals surface area contributed by atoms with Gasteiger partial charge in [-0.05, 0) is 52.0 Å². The maximum atomic E-state index is 6.51. The Kier molecular flexibility index (Phi) is 3.91. The highest BCUT2D eigenvalue weighted by Crippen LogP contribution is 2.37. The molecule has 5 rings (SSSR count). The van der Waals surface area contributed by atoms with Crippen LogP contribution in [0.1, 0.15) is 33.6 Å². The molecule has 0 atom stereocenters. The Hall–Kier alpha value is -2.35. The molecule has 1 aliphatic rings. The van der Waals surface area contributed by atoms with Gasteiger partial charge in [-0.2, -0.15) is 0 Å². The van der Waals surface area contributed by atoms with Crippen molar-refractivity contribution in [1.29, 1.82) is 0 Å². The summed E-state index contributed by atoms with van der Waals surface area (Å²) in [4.78, 5) is 12.2. The van der Waals surface area contributed by atoms with Gasteiger partial charge in [0.15, 0.2) is 11.5 Å². The molecule has 148 valence electrons. The van der Waals surface area contributed by atoms with Crippen LogP contribution in [0.25, 0.3) is 33.3 Å². The zero-order valence-electron chi connectivity index (χ0n) is 17.0. The number of benzene rings is 1. The van der Waals surface area contributed by atoms with E-state index in [9.17, 15) is 0 Å². The third-order valence-electron chi connectivity index (χ3n) is 5.89. The molecule has 0 saturated carbocycles. The van der Waals surface area contributed by atoms with E-state index in [2.05, 4.69) is 15.0 Å². The van der Waals surface area contributed by atoms with Gasteiger partial charge in [0.05, 0.1) is 16.2 Å². The molecule has 3 aromatic heterocycles. The Labute approximate surface area is 173 Å². The lowest BCUT2D eigenvalue weighted by Crippen LogP contribution is -2.41. The molecule has 4 heterocycles. The van der Waals surface area contributed by atoms with Crippen LogP contribution in [0, 0.1) is 6.92 Å². The lowest BCUT2D eigenvalue weighted by Gasteiger charge is -2.32. The quantitative estimate of drug-likeness (QED) is 0.489. The van der Waals surface area contributed by atoms with Crippen LogP contribution in [-0.4, -0.2) is 33.3 Å². The van der Waals surface area contributed by atoms with Crippen molar-refractivity contribution >= 4 is 46.4 Å². The molecule has 0 unspecified atom stereocenters. The van der Waals surface area contributed by atoms with Crippen molar-refractivity contribution < 1.29 is 13.7 Å². The van der Waals surface area contributed by atoms with Gasteiger partial charge in [0.2, 0.25) is 0 Å². The molecule has 1 fully saturated rings. The van der Waals surface area contributed by atoms with Gasteiger partial charge in [-0.1, -0.05) is 11.6 Å². The second-order valence-electron chi connectivity index (χ2n) is 8.51. The molecule has 1 aromatic carbocycles. The Balaban J connectivity index is 1.54. The van der Waals surface area contributed by atoms with Gasteiger partial charge in [-0.15, -0.1) is 0 Å². The molecule has 1 aliphatic heterocycles. The van der Waals surface area contributed by atoms with E-state index < -0.39 is 18.3 Å². The first kappa shape index (κ1) is 18.7. The minimum atomic E-state index is -0.463. The summed E-state index contributed by atoms with van der Waals surface area (Å²) in [7, 11) is -0.463. The molecular weight excluding hydrogens is 389 g/mol. The van der Waals surface area contributed by atoms with E-state index in [1.165, 1.54) is 0 Å². The topological polar surface area (TPSA) is 73.2 Å². The SMILES string of the molecule is Cc1nc2cc(Cl)c(-c3cnc4[nH]c(B5OC(C)(C)C(C)(C)O5)cc4c3)cc2o1. The number of aromatic nitrogens is 3. The Morgan fingerprint density at radius 3 is 2.48 bits per heavy atom. The third kappa shape index (κ3) is 2.96. The van der Waals surface area contributed by atoms with Gasteiger partial charge in [0, 0.05) is 35.2 Å². The number of hydrogen-bond acceptors (Lipinski definition) is 5. The molecular formula is C21H21BClN3O3. The van der Waals surface area contributed by atoms with Crippen LogP contribution in [-0.2, 0) is 9.31 Å². The summed E-state index contributed by atoms with van der Waals surface area (Å²) in [5, 5.41) is 1.56. The highest BCUT2D eigenvalue weighted by Gasteiger charge is 2.52. The smallest absolute Gasteiger partial charge is 0.441 e. The van der Waals surface area contributed by atoms with Crippen LogP contribution >= 0.6 is 11.6 Å². The van der Waals surface area contributed by atoms with E-state index in [1.54, 1.807) is 6.20 Å². The number of pyridine rings is 1. The molecule has 0 spiro atoms. The highest BCUT2D eigenvalue weighted by molar-refractivity contribution is 6.61. The number of H-pyrrole nitrogens is 1. The van der Waals surface area contributed by atoms with Crippen molar-refractivity contribution in [3.63, 3.8) is 0 Å². The molecule has 0 aliphatic carbocycles. The largest absolute Gasteiger partial charge is 0.512 e. The summed E-state index contributed by atoms with van der Waals surface area (Å²) in [5.41, 5.74) is 4.02. The van der Waals surface area contributed by atoms with Crippen molar-refractivity contribution in [3.05, 3.63) is 41.4 Å². The van der Waals surface area contributed by atoms with E-state index in [0.717, 1.165) is 33.3 Å². The van der Waals surface area contributed by atoms with Crippen LogP contribution in [0.2, 0.25) is 5.02 Å². The van der Waals surface area contributed by atoms with Crippen LogP contribution < -0.4 is 5.59 Å². The van der Waals surface area contributed by atoms with E-state index >= 15 is 0 Å². The maximum absolute atomic E-state index is 6.51. The summed E-state index contributed by atoms with van der Waals surface area (Å²) in [5.74, 6) is 0.611. The van der Waals surface area contributed by atoms with Crippen molar-refractivity contribution in [3.8, 4) is 11.1 Å². The first-order chi connectivity index (χ1) is 13.6. The van der Waals surface area contributed by atoms with Crippen molar-refractivity contribution in [2.45, 2.75) is 45.8 Å². The number of aromatic amines is 1. The van der Waals surface area contributed by atoms with Gasteiger partial charge in [-0.25, -0.2) is 9.97 Å². The Morgan fingerprint density at radius 1 is 1.03 bits per heavy atom.